The summed E-state index contributed by atoms with van der Waals surface area (Å²) in [5, 5.41) is 0. The normalized spacial score (nSPS) is 12.1. The summed E-state index contributed by atoms with van der Waals surface area (Å²) < 4.78 is 5.36. The molecule has 0 spiro atoms. The second-order valence-corrected chi connectivity index (χ2v) is 5.67. The molecule has 0 aliphatic carbocycles. The lowest BCUT2D eigenvalue weighted by atomic mass is 10.0. The molecule has 20 heavy (non-hydrogen) atoms. The van der Waals surface area contributed by atoms with E-state index in [0.717, 1.165) is 19.3 Å². The zero-order valence-electron chi connectivity index (χ0n) is 13.7. The van der Waals surface area contributed by atoms with Crippen molar-refractivity contribution in [1.82, 2.24) is 0 Å². The van der Waals surface area contributed by atoms with Gasteiger partial charge in [0, 0.05) is 6.08 Å². The monoisotopic (exact) mass is 282 g/mol. The van der Waals surface area contributed by atoms with Crippen LogP contribution in [0.4, 0.5) is 0 Å². The summed E-state index contributed by atoms with van der Waals surface area (Å²) >= 11 is 0. The molecule has 2 nitrogen and oxygen atoms in total. The largest absolute Gasteiger partial charge is 0.459 e. The second-order valence-electron chi connectivity index (χ2n) is 5.67. The van der Waals surface area contributed by atoms with Crippen LogP contribution in [0.5, 0.6) is 0 Å². The maximum Gasteiger partial charge on any atom is 0.330 e. The number of hydrogen-bond donors (Lipinski definition) is 0. The first kappa shape index (κ1) is 19.2. The summed E-state index contributed by atoms with van der Waals surface area (Å²) in [5.41, 5.74) is 0. The summed E-state index contributed by atoms with van der Waals surface area (Å²) in [5.74, 6) is -0.278. The molecule has 118 valence electrons. The van der Waals surface area contributed by atoms with Crippen molar-refractivity contribution in [2.24, 2.45) is 0 Å². The van der Waals surface area contributed by atoms with E-state index in [1.165, 1.54) is 63.9 Å². The summed E-state index contributed by atoms with van der Waals surface area (Å²) in [7, 11) is 0. The lowest BCUT2D eigenvalue weighted by Gasteiger charge is -2.16. The first-order chi connectivity index (χ1) is 9.74. The third-order valence-corrected chi connectivity index (χ3v) is 3.69. The molecule has 0 N–H and O–H groups in total. The third-order valence-electron chi connectivity index (χ3n) is 3.69. The minimum Gasteiger partial charge on any atom is -0.459 e. The fourth-order valence-electron chi connectivity index (χ4n) is 2.48. The quantitative estimate of drug-likeness (QED) is 0.228. The van der Waals surface area contributed by atoms with Crippen LogP contribution in [0.15, 0.2) is 12.7 Å². The molecule has 0 radical (unpaired) electrons. The van der Waals surface area contributed by atoms with E-state index < -0.39 is 0 Å². The fraction of sp³-hybridized carbons (Fsp3) is 0.833. The zero-order valence-corrected chi connectivity index (χ0v) is 13.7. The number of carbonyl (C=O) groups excluding carboxylic acids is 1. The van der Waals surface area contributed by atoms with Crippen LogP contribution >= 0.6 is 0 Å². The van der Waals surface area contributed by atoms with Gasteiger partial charge in [0.25, 0.3) is 0 Å². The third kappa shape index (κ3) is 12.3. The molecule has 0 heterocycles. The Bertz CT molecular complexity index is 236. The van der Waals surface area contributed by atoms with E-state index in [0.29, 0.717) is 0 Å². The predicted molar refractivity (Wildman–Crippen MR) is 86.8 cm³/mol. The van der Waals surface area contributed by atoms with Gasteiger partial charge in [-0.05, 0) is 19.3 Å². The van der Waals surface area contributed by atoms with Gasteiger partial charge in [-0.1, -0.05) is 78.2 Å². The van der Waals surface area contributed by atoms with E-state index in [-0.39, 0.29) is 12.1 Å². The van der Waals surface area contributed by atoms with Gasteiger partial charge in [0.15, 0.2) is 0 Å². The highest BCUT2D eigenvalue weighted by Crippen LogP contribution is 2.15. The Hall–Kier alpha value is -0.790. The summed E-state index contributed by atoms with van der Waals surface area (Å²) in [4.78, 5) is 11.2. The SMILES string of the molecule is C=CC(=O)OC(CCC)CCCCCCCCCCC. The number of carbonyl (C=O) groups is 1. The van der Waals surface area contributed by atoms with Gasteiger partial charge in [-0.25, -0.2) is 4.79 Å². The van der Waals surface area contributed by atoms with Gasteiger partial charge >= 0.3 is 5.97 Å². The highest BCUT2D eigenvalue weighted by molar-refractivity contribution is 5.81. The van der Waals surface area contributed by atoms with Gasteiger partial charge in [0.1, 0.15) is 6.10 Å². The summed E-state index contributed by atoms with van der Waals surface area (Å²) in [6, 6.07) is 0. The van der Waals surface area contributed by atoms with Gasteiger partial charge in [0.2, 0.25) is 0 Å². The van der Waals surface area contributed by atoms with E-state index in [4.69, 9.17) is 4.74 Å². The lowest BCUT2D eigenvalue weighted by molar-refractivity contribution is -0.143. The minimum atomic E-state index is -0.278. The number of esters is 1. The smallest absolute Gasteiger partial charge is 0.330 e. The predicted octanol–water partition coefficient (Wildman–Crippen LogP) is 5.81. The van der Waals surface area contributed by atoms with Crippen LogP contribution < -0.4 is 0 Å². The number of hydrogen-bond acceptors (Lipinski definition) is 2. The van der Waals surface area contributed by atoms with Crippen molar-refractivity contribution >= 4 is 5.97 Å². The Kier molecular flexibility index (Phi) is 14.0. The molecule has 0 aliphatic rings. The molecule has 2 heteroatoms. The van der Waals surface area contributed by atoms with Gasteiger partial charge < -0.3 is 4.74 Å². The van der Waals surface area contributed by atoms with Crippen LogP contribution in [0, 0.1) is 0 Å². The Balaban J connectivity index is 3.48. The Morgan fingerprint density at radius 1 is 0.900 bits per heavy atom. The van der Waals surface area contributed by atoms with Crippen molar-refractivity contribution in [2.75, 3.05) is 0 Å². The zero-order chi connectivity index (χ0) is 15.1. The molecule has 0 saturated heterocycles. The lowest BCUT2D eigenvalue weighted by Crippen LogP contribution is -2.16. The summed E-state index contributed by atoms with van der Waals surface area (Å²) in [6.07, 6.45) is 16.4. The highest BCUT2D eigenvalue weighted by atomic mass is 16.5. The molecule has 0 rings (SSSR count). The van der Waals surface area contributed by atoms with Crippen LogP contribution in [0.1, 0.15) is 90.9 Å². The van der Waals surface area contributed by atoms with Crippen LogP contribution in [0.3, 0.4) is 0 Å². The van der Waals surface area contributed by atoms with Gasteiger partial charge in [-0.2, -0.15) is 0 Å². The standard InChI is InChI=1S/C18H34O2/c1-4-7-8-9-10-11-12-13-14-16-17(15-5-2)20-18(19)6-3/h6,17H,3-5,7-16H2,1-2H3. The Morgan fingerprint density at radius 2 is 1.45 bits per heavy atom. The maximum atomic E-state index is 11.2. The summed E-state index contributed by atoms with van der Waals surface area (Å²) in [6.45, 7) is 7.84. The fourth-order valence-corrected chi connectivity index (χ4v) is 2.48. The molecular formula is C18H34O2. The Morgan fingerprint density at radius 3 is 1.95 bits per heavy atom. The van der Waals surface area contributed by atoms with E-state index >= 15 is 0 Å². The van der Waals surface area contributed by atoms with E-state index in [2.05, 4.69) is 20.4 Å². The molecule has 0 aromatic carbocycles. The molecule has 0 saturated carbocycles. The van der Waals surface area contributed by atoms with Crippen molar-refractivity contribution in [3.8, 4) is 0 Å². The van der Waals surface area contributed by atoms with Crippen molar-refractivity contribution in [3.63, 3.8) is 0 Å². The molecule has 0 amide bonds. The van der Waals surface area contributed by atoms with Crippen molar-refractivity contribution < 1.29 is 9.53 Å². The topological polar surface area (TPSA) is 26.3 Å². The molecule has 1 unspecified atom stereocenters. The Labute approximate surface area is 126 Å². The van der Waals surface area contributed by atoms with E-state index in [1.807, 2.05) is 0 Å². The van der Waals surface area contributed by atoms with Gasteiger partial charge in [-0.3, -0.25) is 0 Å². The molecule has 0 aromatic heterocycles. The van der Waals surface area contributed by atoms with Crippen LogP contribution in [0.2, 0.25) is 0 Å². The van der Waals surface area contributed by atoms with Crippen LogP contribution in [-0.4, -0.2) is 12.1 Å². The molecule has 1 atom stereocenters. The first-order valence-electron chi connectivity index (χ1n) is 8.57. The second kappa shape index (κ2) is 14.6. The molecule has 0 bridgehead atoms. The van der Waals surface area contributed by atoms with E-state index in [9.17, 15) is 4.79 Å². The van der Waals surface area contributed by atoms with Crippen molar-refractivity contribution in [1.29, 1.82) is 0 Å². The van der Waals surface area contributed by atoms with Crippen LogP contribution in [-0.2, 0) is 9.53 Å². The molecular weight excluding hydrogens is 248 g/mol. The maximum absolute atomic E-state index is 11.2. The average molecular weight is 282 g/mol. The number of ether oxygens (including phenoxy) is 1. The van der Waals surface area contributed by atoms with Gasteiger partial charge in [0.05, 0.1) is 0 Å². The minimum absolute atomic E-state index is 0.0926. The van der Waals surface area contributed by atoms with Gasteiger partial charge in [-0.15, -0.1) is 0 Å². The molecule has 0 fully saturated rings. The van der Waals surface area contributed by atoms with E-state index in [1.54, 1.807) is 0 Å². The van der Waals surface area contributed by atoms with Crippen LogP contribution in [0.25, 0.3) is 0 Å². The number of unbranched alkanes of at least 4 members (excludes halogenated alkanes) is 8. The first-order valence-corrected chi connectivity index (χ1v) is 8.57. The average Bonchev–Trinajstić information content (AvgIpc) is 2.45. The van der Waals surface area contributed by atoms with Crippen molar-refractivity contribution in [3.05, 3.63) is 12.7 Å². The highest BCUT2D eigenvalue weighted by Gasteiger charge is 2.11. The number of rotatable bonds is 14. The molecule has 0 aliphatic heterocycles. The van der Waals surface area contributed by atoms with Crippen molar-refractivity contribution in [2.45, 2.75) is 97.0 Å². The molecule has 0 aromatic rings.